The molecule has 2 N–H and O–H groups in total. The van der Waals surface area contributed by atoms with Gasteiger partial charge in [0.1, 0.15) is 5.82 Å². The molecule has 1 fully saturated rings. The Hall–Kier alpha value is -2.31. The number of fused-ring (bicyclic) bond motifs is 1. The van der Waals surface area contributed by atoms with Gasteiger partial charge in [-0.05, 0) is 55.6 Å². The summed E-state index contributed by atoms with van der Waals surface area (Å²) in [6, 6.07) is 8.15. The van der Waals surface area contributed by atoms with E-state index in [1.807, 2.05) is 18.2 Å². The first-order valence-corrected chi connectivity index (χ1v) is 11.6. The third-order valence-electron chi connectivity index (χ3n) is 5.93. The number of benzene rings is 1. The third-order valence-corrected chi connectivity index (χ3v) is 6.15. The molecule has 0 spiro atoms. The van der Waals surface area contributed by atoms with E-state index in [0.29, 0.717) is 37.8 Å². The minimum absolute atomic E-state index is 0.139. The zero-order valence-electron chi connectivity index (χ0n) is 18.2. The van der Waals surface area contributed by atoms with Crippen LogP contribution in [-0.2, 0) is 24.3 Å². The van der Waals surface area contributed by atoms with Crippen LogP contribution in [0, 0.1) is 0 Å². The SMILES string of the molecule is CCCCOc1cc2c(c(N)n1)CC(=O)CN2Cc1cc(Cl)cc(CN2CCCC2)c1. The maximum Gasteiger partial charge on any atom is 0.217 e. The Morgan fingerprint density at radius 1 is 1.13 bits per heavy atom. The number of likely N-dealkylation sites (tertiary alicyclic amines) is 1. The maximum atomic E-state index is 12.4. The van der Waals surface area contributed by atoms with Gasteiger partial charge >= 0.3 is 0 Å². The molecule has 0 atom stereocenters. The normalized spacial score (nSPS) is 16.6. The molecule has 0 unspecified atom stereocenters. The molecular weight excluding hydrogens is 412 g/mol. The van der Waals surface area contributed by atoms with Crippen molar-refractivity contribution in [2.45, 2.75) is 52.1 Å². The fraction of sp³-hybridized carbons (Fsp3) is 0.500. The predicted molar refractivity (Wildman–Crippen MR) is 125 cm³/mol. The number of nitrogen functional groups attached to an aromatic ring is 1. The van der Waals surface area contributed by atoms with Crippen molar-refractivity contribution in [3.63, 3.8) is 0 Å². The summed E-state index contributed by atoms with van der Waals surface area (Å²) >= 11 is 6.45. The lowest BCUT2D eigenvalue weighted by atomic mass is 10.0. The van der Waals surface area contributed by atoms with Crippen molar-refractivity contribution in [3.05, 3.63) is 46.0 Å². The van der Waals surface area contributed by atoms with Gasteiger partial charge in [-0.25, -0.2) is 0 Å². The van der Waals surface area contributed by atoms with Crippen LogP contribution in [0.15, 0.2) is 24.3 Å². The number of anilines is 2. The fourth-order valence-electron chi connectivity index (χ4n) is 4.42. The largest absolute Gasteiger partial charge is 0.478 e. The van der Waals surface area contributed by atoms with Gasteiger partial charge in [-0.2, -0.15) is 4.98 Å². The first-order chi connectivity index (χ1) is 15.0. The lowest BCUT2D eigenvalue weighted by Gasteiger charge is -2.31. The van der Waals surface area contributed by atoms with Gasteiger partial charge in [0.05, 0.1) is 18.8 Å². The smallest absolute Gasteiger partial charge is 0.217 e. The number of carbonyl (C=O) groups excluding carboxylic acids is 1. The molecule has 1 aromatic carbocycles. The Kier molecular flexibility index (Phi) is 6.98. The summed E-state index contributed by atoms with van der Waals surface area (Å²) in [6.45, 7) is 6.85. The summed E-state index contributed by atoms with van der Waals surface area (Å²) in [4.78, 5) is 21.3. The highest BCUT2D eigenvalue weighted by molar-refractivity contribution is 6.30. The summed E-state index contributed by atoms with van der Waals surface area (Å²) in [5, 5.41) is 0.730. The van der Waals surface area contributed by atoms with Crippen LogP contribution in [0.2, 0.25) is 5.02 Å². The highest BCUT2D eigenvalue weighted by atomic mass is 35.5. The number of aromatic nitrogens is 1. The van der Waals surface area contributed by atoms with Gasteiger partial charge in [-0.15, -0.1) is 0 Å². The van der Waals surface area contributed by atoms with E-state index in [4.69, 9.17) is 22.1 Å². The topological polar surface area (TPSA) is 71.7 Å². The second-order valence-corrected chi connectivity index (χ2v) is 9.00. The van der Waals surface area contributed by atoms with E-state index < -0.39 is 0 Å². The van der Waals surface area contributed by atoms with Crippen molar-refractivity contribution < 1.29 is 9.53 Å². The van der Waals surface area contributed by atoms with Crippen molar-refractivity contribution in [1.82, 2.24) is 9.88 Å². The summed E-state index contributed by atoms with van der Waals surface area (Å²) in [7, 11) is 0. The number of halogens is 1. The second kappa shape index (κ2) is 9.88. The van der Waals surface area contributed by atoms with Crippen LogP contribution in [0.5, 0.6) is 5.88 Å². The first kappa shape index (κ1) is 21.9. The Labute approximate surface area is 189 Å². The van der Waals surface area contributed by atoms with E-state index in [2.05, 4.69) is 27.8 Å². The Balaban J connectivity index is 1.57. The van der Waals surface area contributed by atoms with Crippen molar-refractivity contribution >= 4 is 28.9 Å². The van der Waals surface area contributed by atoms with Crippen LogP contribution in [0.1, 0.15) is 49.3 Å². The Morgan fingerprint density at radius 3 is 2.61 bits per heavy atom. The molecule has 7 heteroatoms. The summed E-state index contributed by atoms with van der Waals surface area (Å²) < 4.78 is 5.80. The van der Waals surface area contributed by atoms with Gasteiger partial charge in [-0.3, -0.25) is 9.69 Å². The maximum absolute atomic E-state index is 12.4. The summed E-state index contributed by atoms with van der Waals surface area (Å²) in [5.74, 6) is 1.03. The zero-order chi connectivity index (χ0) is 21.8. The van der Waals surface area contributed by atoms with Crippen molar-refractivity contribution in [3.8, 4) is 5.88 Å². The quantitative estimate of drug-likeness (QED) is 0.617. The van der Waals surface area contributed by atoms with Crippen LogP contribution in [0.25, 0.3) is 0 Å². The van der Waals surface area contributed by atoms with Crippen LogP contribution in [0.3, 0.4) is 0 Å². The molecule has 3 heterocycles. The fourth-order valence-corrected chi connectivity index (χ4v) is 4.70. The molecule has 6 nitrogen and oxygen atoms in total. The number of unbranched alkanes of at least 4 members (excludes halogenated alkanes) is 1. The number of hydrogen-bond donors (Lipinski definition) is 1. The van der Waals surface area contributed by atoms with Gasteiger partial charge < -0.3 is 15.4 Å². The van der Waals surface area contributed by atoms with Gasteiger partial charge in [0.2, 0.25) is 5.88 Å². The van der Waals surface area contributed by atoms with E-state index in [9.17, 15) is 4.79 Å². The van der Waals surface area contributed by atoms with Gasteiger partial charge in [0.25, 0.3) is 0 Å². The number of carbonyl (C=O) groups is 1. The first-order valence-electron chi connectivity index (χ1n) is 11.2. The second-order valence-electron chi connectivity index (χ2n) is 8.57. The molecule has 1 saturated heterocycles. The van der Waals surface area contributed by atoms with Crippen LogP contribution >= 0.6 is 11.6 Å². The molecule has 0 amide bonds. The predicted octanol–water partition coefficient (Wildman–Crippen LogP) is 4.22. The number of hydrogen-bond acceptors (Lipinski definition) is 6. The molecule has 2 aliphatic rings. The van der Waals surface area contributed by atoms with Gasteiger partial charge in [0.15, 0.2) is 5.78 Å². The number of pyridine rings is 1. The molecule has 0 aliphatic carbocycles. The van der Waals surface area contributed by atoms with Crippen LogP contribution in [-0.4, -0.2) is 41.9 Å². The summed E-state index contributed by atoms with van der Waals surface area (Å²) in [6.07, 6.45) is 4.85. The number of ketones is 1. The van der Waals surface area contributed by atoms with Gasteiger partial charge in [-0.1, -0.05) is 31.0 Å². The number of rotatable bonds is 8. The van der Waals surface area contributed by atoms with Crippen LogP contribution in [0.4, 0.5) is 11.5 Å². The zero-order valence-corrected chi connectivity index (χ0v) is 19.0. The molecule has 2 aromatic rings. The van der Waals surface area contributed by atoms with E-state index in [1.165, 1.54) is 18.4 Å². The number of nitrogens with zero attached hydrogens (tertiary/aromatic N) is 3. The van der Waals surface area contributed by atoms with E-state index in [-0.39, 0.29) is 5.78 Å². The average molecular weight is 443 g/mol. The highest BCUT2D eigenvalue weighted by Gasteiger charge is 2.26. The minimum Gasteiger partial charge on any atom is -0.478 e. The molecule has 0 radical (unpaired) electrons. The van der Waals surface area contributed by atoms with E-state index in [1.54, 1.807) is 0 Å². The molecule has 0 saturated carbocycles. The van der Waals surface area contributed by atoms with E-state index >= 15 is 0 Å². The molecule has 1 aromatic heterocycles. The minimum atomic E-state index is 0.139. The average Bonchev–Trinajstić information content (AvgIpc) is 3.21. The summed E-state index contributed by atoms with van der Waals surface area (Å²) in [5.41, 5.74) is 10.2. The number of nitrogens with two attached hydrogens (primary N) is 1. The van der Waals surface area contributed by atoms with Crippen molar-refractivity contribution in [1.29, 1.82) is 0 Å². The molecular formula is C24H31ClN4O2. The molecule has 166 valence electrons. The lowest BCUT2D eigenvalue weighted by molar-refractivity contribution is -0.117. The standard InChI is InChI=1S/C24H31ClN4O2/c1-2-3-8-31-23-13-22-21(24(26)27-23)12-20(30)16-29(22)15-18-9-17(10-19(25)11-18)14-28-6-4-5-7-28/h9-11,13H,2-8,12,14-16H2,1H3,(H2,26,27). The van der Waals surface area contributed by atoms with E-state index in [0.717, 1.165) is 54.3 Å². The highest BCUT2D eigenvalue weighted by Crippen LogP contribution is 2.34. The number of Topliss-reactive ketones (excluding diaryl/α,β-unsaturated/α-hetero) is 1. The molecule has 4 rings (SSSR count). The van der Waals surface area contributed by atoms with Gasteiger partial charge in [0, 0.05) is 36.2 Å². The lowest BCUT2D eigenvalue weighted by Crippen LogP contribution is -2.36. The molecule has 31 heavy (non-hydrogen) atoms. The Morgan fingerprint density at radius 2 is 1.87 bits per heavy atom. The van der Waals surface area contributed by atoms with Crippen LogP contribution < -0.4 is 15.4 Å². The Bertz CT molecular complexity index is 943. The third kappa shape index (κ3) is 5.49. The number of ether oxygens (including phenoxy) is 1. The molecule has 0 bridgehead atoms. The molecule has 2 aliphatic heterocycles. The monoisotopic (exact) mass is 442 g/mol. The van der Waals surface area contributed by atoms with Crippen molar-refractivity contribution in [2.24, 2.45) is 0 Å². The van der Waals surface area contributed by atoms with Crippen molar-refractivity contribution in [2.75, 3.05) is 36.9 Å².